The SMILES string of the molecule is O=C(Nc1ccc(NC(=O)c2ccco2)cc1)c1ccc(NS(=O)(=O)c2cccs2)cc1. The molecule has 0 bridgehead atoms. The fraction of sp³-hybridized carbons (Fsp3) is 0. The lowest BCUT2D eigenvalue weighted by molar-refractivity contribution is 0.0994. The third-order valence-electron chi connectivity index (χ3n) is 4.30. The maximum atomic E-state index is 12.5. The number of furan rings is 1. The summed E-state index contributed by atoms with van der Waals surface area (Å²) < 4.78 is 32.3. The van der Waals surface area contributed by atoms with E-state index in [-0.39, 0.29) is 21.8 Å². The highest BCUT2D eigenvalue weighted by atomic mass is 32.2. The quantitative estimate of drug-likeness (QED) is 0.366. The number of sulfonamides is 1. The smallest absolute Gasteiger partial charge is 0.291 e. The molecule has 0 saturated heterocycles. The van der Waals surface area contributed by atoms with Crippen LogP contribution in [-0.4, -0.2) is 20.2 Å². The Balaban J connectivity index is 1.36. The van der Waals surface area contributed by atoms with Gasteiger partial charge in [-0.15, -0.1) is 11.3 Å². The van der Waals surface area contributed by atoms with E-state index in [1.54, 1.807) is 47.8 Å². The minimum Gasteiger partial charge on any atom is -0.459 e. The van der Waals surface area contributed by atoms with E-state index in [0.717, 1.165) is 11.3 Å². The van der Waals surface area contributed by atoms with E-state index in [0.29, 0.717) is 22.6 Å². The van der Waals surface area contributed by atoms with Crippen LogP contribution in [0.1, 0.15) is 20.9 Å². The Morgan fingerprint density at radius 3 is 1.94 bits per heavy atom. The van der Waals surface area contributed by atoms with Crippen molar-refractivity contribution < 1.29 is 22.4 Å². The van der Waals surface area contributed by atoms with Crippen LogP contribution in [0.25, 0.3) is 0 Å². The molecule has 2 aromatic heterocycles. The fourth-order valence-electron chi connectivity index (χ4n) is 2.75. The predicted octanol–water partition coefficient (Wildman–Crippen LogP) is 4.65. The highest BCUT2D eigenvalue weighted by Crippen LogP contribution is 2.21. The van der Waals surface area contributed by atoms with Gasteiger partial charge in [-0.3, -0.25) is 14.3 Å². The first-order valence-electron chi connectivity index (χ1n) is 9.33. The van der Waals surface area contributed by atoms with E-state index >= 15 is 0 Å². The van der Waals surface area contributed by atoms with E-state index in [1.165, 1.54) is 36.6 Å². The minimum atomic E-state index is -3.65. The zero-order valence-corrected chi connectivity index (χ0v) is 18.1. The zero-order chi connectivity index (χ0) is 22.6. The molecule has 0 radical (unpaired) electrons. The Kier molecular flexibility index (Phi) is 6.06. The second-order valence-corrected chi connectivity index (χ2v) is 9.43. The number of hydrogen-bond donors (Lipinski definition) is 3. The van der Waals surface area contributed by atoms with Crippen molar-refractivity contribution in [2.45, 2.75) is 4.21 Å². The van der Waals surface area contributed by atoms with Crippen molar-refractivity contribution in [2.75, 3.05) is 15.4 Å². The molecule has 0 aliphatic carbocycles. The summed E-state index contributed by atoms with van der Waals surface area (Å²) in [5, 5.41) is 7.12. The fourth-order valence-corrected chi connectivity index (χ4v) is 4.80. The molecule has 0 spiro atoms. The van der Waals surface area contributed by atoms with Crippen LogP contribution in [0, 0.1) is 0 Å². The summed E-state index contributed by atoms with van der Waals surface area (Å²) in [6.07, 6.45) is 1.42. The number of nitrogens with one attached hydrogen (secondary N) is 3. The zero-order valence-electron chi connectivity index (χ0n) is 16.4. The third-order valence-corrected chi connectivity index (χ3v) is 7.08. The van der Waals surface area contributed by atoms with Crippen molar-refractivity contribution in [3.8, 4) is 0 Å². The van der Waals surface area contributed by atoms with E-state index in [9.17, 15) is 18.0 Å². The molecule has 162 valence electrons. The maximum Gasteiger partial charge on any atom is 0.291 e. The van der Waals surface area contributed by atoms with Gasteiger partial charge in [0, 0.05) is 22.6 Å². The van der Waals surface area contributed by atoms with Gasteiger partial charge in [-0.25, -0.2) is 8.42 Å². The molecule has 0 aliphatic rings. The Labute approximate surface area is 188 Å². The summed E-state index contributed by atoms with van der Waals surface area (Å²) in [5.74, 6) is -0.532. The van der Waals surface area contributed by atoms with Gasteiger partial charge in [0.15, 0.2) is 5.76 Å². The van der Waals surface area contributed by atoms with Crippen LogP contribution >= 0.6 is 11.3 Å². The van der Waals surface area contributed by atoms with E-state index in [4.69, 9.17) is 4.42 Å². The number of amides is 2. The number of hydrogen-bond acceptors (Lipinski definition) is 6. The molecule has 0 atom stereocenters. The average Bonchev–Trinajstić information content (AvgIpc) is 3.50. The lowest BCUT2D eigenvalue weighted by Crippen LogP contribution is -2.14. The predicted molar refractivity (Wildman–Crippen MR) is 123 cm³/mol. The van der Waals surface area contributed by atoms with Gasteiger partial charge in [-0.1, -0.05) is 6.07 Å². The molecule has 3 N–H and O–H groups in total. The van der Waals surface area contributed by atoms with Gasteiger partial charge in [0.1, 0.15) is 4.21 Å². The Morgan fingerprint density at radius 1 is 0.750 bits per heavy atom. The molecule has 0 saturated carbocycles. The average molecular weight is 468 g/mol. The van der Waals surface area contributed by atoms with Crippen LogP contribution in [0.2, 0.25) is 0 Å². The van der Waals surface area contributed by atoms with Crippen LogP contribution < -0.4 is 15.4 Å². The molecular formula is C22H17N3O5S2. The van der Waals surface area contributed by atoms with Gasteiger partial charge in [-0.2, -0.15) is 0 Å². The van der Waals surface area contributed by atoms with E-state index in [1.807, 2.05) is 0 Å². The summed E-state index contributed by atoms with van der Waals surface area (Å²) in [6.45, 7) is 0. The first-order valence-corrected chi connectivity index (χ1v) is 11.7. The first-order chi connectivity index (χ1) is 15.4. The number of anilines is 3. The lowest BCUT2D eigenvalue weighted by Gasteiger charge is -2.09. The van der Waals surface area contributed by atoms with Crippen LogP contribution in [0.3, 0.4) is 0 Å². The molecule has 2 amide bonds. The van der Waals surface area contributed by atoms with Crippen molar-refractivity contribution >= 4 is 50.2 Å². The van der Waals surface area contributed by atoms with Gasteiger partial charge >= 0.3 is 0 Å². The third kappa shape index (κ3) is 5.05. The van der Waals surface area contributed by atoms with Gasteiger partial charge in [0.05, 0.1) is 6.26 Å². The largest absolute Gasteiger partial charge is 0.459 e. The lowest BCUT2D eigenvalue weighted by atomic mass is 10.2. The number of carbonyl (C=O) groups excluding carboxylic acids is 2. The Bertz CT molecular complexity index is 1310. The van der Waals surface area contributed by atoms with Crippen molar-refractivity contribution in [1.82, 2.24) is 0 Å². The number of benzene rings is 2. The van der Waals surface area contributed by atoms with Gasteiger partial charge < -0.3 is 15.1 Å². The van der Waals surface area contributed by atoms with Crippen LogP contribution in [0.5, 0.6) is 0 Å². The highest BCUT2D eigenvalue weighted by Gasteiger charge is 2.15. The molecular weight excluding hydrogens is 450 g/mol. The second-order valence-electron chi connectivity index (χ2n) is 6.58. The molecule has 8 nitrogen and oxygen atoms in total. The maximum absolute atomic E-state index is 12.5. The standard InChI is InChI=1S/C22H17N3O5S2/c26-21(15-5-7-18(8-6-15)25-32(28,29)20-4-2-14-31-20)23-16-9-11-17(12-10-16)24-22(27)19-3-1-13-30-19/h1-14,25H,(H,23,26)(H,24,27). The molecule has 0 aliphatic heterocycles. The normalized spacial score (nSPS) is 11.0. The van der Waals surface area contributed by atoms with Crippen molar-refractivity contribution in [2.24, 2.45) is 0 Å². The topological polar surface area (TPSA) is 118 Å². The first kappa shape index (κ1) is 21.3. The van der Waals surface area contributed by atoms with E-state index < -0.39 is 10.0 Å². The van der Waals surface area contributed by atoms with Crippen molar-refractivity contribution in [3.05, 3.63) is 95.8 Å². The molecule has 2 aromatic carbocycles. The number of rotatable bonds is 7. The van der Waals surface area contributed by atoms with Gasteiger partial charge in [0.2, 0.25) is 0 Å². The van der Waals surface area contributed by atoms with Crippen LogP contribution in [-0.2, 0) is 10.0 Å². The Hall–Kier alpha value is -3.89. The molecule has 0 fully saturated rings. The minimum absolute atomic E-state index is 0.198. The molecule has 4 aromatic rings. The number of thiophene rings is 1. The summed E-state index contributed by atoms with van der Waals surface area (Å²) in [7, 11) is -3.65. The summed E-state index contributed by atoms with van der Waals surface area (Å²) >= 11 is 1.12. The van der Waals surface area contributed by atoms with Gasteiger partial charge in [0.25, 0.3) is 21.8 Å². The summed E-state index contributed by atoms with van der Waals surface area (Å²) in [5.41, 5.74) is 1.80. The second kappa shape index (κ2) is 9.08. The molecule has 4 rings (SSSR count). The highest BCUT2D eigenvalue weighted by molar-refractivity contribution is 7.94. The molecule has 32 heavy (non-hydrogen) atoms. The molecule has 2 heterocycles. The monoisotopic (exact) mass is 467 g/mol. The van der Waals surface area contributed by atoms with E-state index in [2.05, 4.69) is 15.4 Å². The van der Waals surface area contributed by atoms with Crippen LogP contribution in [0.15, 0.2) is 93.1 Å². The molecule has 10 heteroatoms. The Morgan fingerprint density at radius 2 is 1.38 bits per heavy atom. The van der Waals surface area contributed by atoms with Crippen molar-refractivity contribution in [3.63, 3.8) is 0 Å². The molecule has 0 unspecified atom stereocenters. The summed E-state index contributed by atoms with van der Waals surface area (Å²) in [6, 6.07) is 19.1. The van der Waals surface area contributed by atoms with Crippen LogP contribution in [0.4, 0.5) is 17.1 Å². The van der Waals surface area contributed by atoms with Gasteiger partial charge in [-0.05, 0) is 72.1 Å². The van der Waals surface area contributed by atoms with Crippen molar-refractivity contribution in [1.29, 1.82) is 0 Å². The summed E-state index contributed by atoms with van der Waals surface area (Å²) in [4.78, 5) is 24.5. The number of carbonyl (C=O) groups is 2.